The molecule has 1 amide bonds. The lowest BCUT2D eigenvalue weighted by molar-refractivity contribution is -0.385. The molecule has 0 N–H and O–H groups in total. The summed E-state index contributed by atoms with van der Waals surface area (Å²) in [5, 5.41) is 11.4. The van der Waals surface area contributed by atoms with E-state index in [1.54, 1.807) is 18.2 Å². The fourth-order valence-corrected chi connectivity index (χ4v) is 2.72. The topological polar surface area (TPSA) is 63.4 Å². The van der Waals surface area contributed by atoms with Crippen molar-refractivity contribution >= 4 is 23.2 Å². The van der Waals surface area contributed by atoms with Gasteiger partial charge in [-0.1, -0.05) is 29.8 Å². The van der Waals surface area contributed by atoms with Gasteiger partial charge in [0.2, 0.25) is 0 Å². The third-order valence-electron chi connectivity index (χ3n) is 3.93. The van der Waals surface area contributed by atoms with Crippen molar-refractivity contribution < 1.29 is 14.1 Å². The lowest BCUT2D eigenvalue weighted by Crippen LogP contribution is -2.33. The van der Waals surface area contributed by atoms with Gasteiger partial charge in [-0.25, -0.2) is 4.39 Å². The van der Waals surface area contributed by atoms with Gasteiger partial charge in [0.1, 0.15) is 11.4 Å². The Morgan fingerprint density at radius 2 is 2.00 bits per heavy atom. The highest BCUT2D eigenvalue weighted by molar-refractivity contribution is 6.31. The number of nitro groups is 1. The van der Waals surface area contributed by atoms with Gasteiger partial charge in [-0.05, 0) is 31.0 Å². The first-order chi connectivity index (χ1) is 11.5. The Balaban J connectivity index is 1.94. The minimum atomic E-state index is -0.632. The molecule has 0 atom stereocenters. The van der Waals surface area contributed by atoms with Crippen molar-refractivity contribution in [3.63, 3.8) is 0 Å². The summed E-state index contributed by atoms with van der Waals surface area (Å²) in [4.78, 5) is 24.9. The molecule has 1 fully saturated rings. The third-order valence-corrected chi connectivity index (χ3v) is 4.17. The van der Waals surface area contributed by atoms with Crippen LogP contribution in [-0.4, -0.2) is 21.8 Å². The largest absolute Gasteiger partial charge is 0.331 e. The maximum atomic E-state index is 13.9. The molecular formula is C17H14ClFN2O3. The second-order valence-electron chi connectivity index (χ2n) is 5.67. The fourth-order valence-electron chi connectivity index (χ4n) is 2.55. The van der Waals surface area contributed by atoms with Crippen LogP contribution in [0.2, 0.25) is 5.02 Å². The second-order valence-corrected chi connectivity index (χ2v) is 6.11. The number of halogens is 2. The van der Waals surface area contributed by atoms with Crippen LogP contribution in [0.15, 0.2) is 42.5 Å². The van der Waals surface area contributed by atoms with Crippen molar-refractivity contribution in [1.82, 2.24) is 4.90 Å². The summed E-state index contributed by atoms with van der Waals surface area (Å²) < 4.78 is 13.9. The SMILES string of the molecule is O=C(c1ccc(Cl)cc1[N+](=O)[O-])N(Cc1ccccc1F)C1CC1. The Hall–Kier alpha value is -2.47. The molecule has 0 saturated heterocycles. The number of nitro benzene ring substituents is 1. The van der Waals surface area contributed by atoms with Gasteiger partial charge in [-0.15, -0.1) is 0 Å². The summed E-state index contributed by atoms with van der Waals surface area (Å²) >= 11 is 5.79. The highest BCUT2D eigenvalue weighted by Gasteiger charge is 2.36. The van der Waals surface area contributed by atoms with Crippen molar-refractivity contribution in [3.05, 3.63) is 74.5 Å². The molecule has 1 saturated carbocycles. The first kappa shape index (κ1) is 16.4. The van der Waals surface area contributed by atoms with Crippen molar-refractivity contribution in [2.45, 2.75) is 25.4 Å². The van der Waals surface area contributed by atoms with E-state index in [1.165, 1.54) is 23.1 Å². The van der Waals surface area contributed by atoms with E-state index in [4.69, 9.17) is 11.6 Å². The van der Waals surface area contributed by atoms with E-state index in [1.807, 2.05) is 0 Å². The molecule has 1 aliphatic rings. The number of rotatable bonds is 5. The molecule has 2 aromatic rings. The molecule has 7 heteroatoms. The van der Waals surface area contributed by atoms with Gasteiger partial charge in [-0.2, -0.15) is 0 Å². The average molecular weight is 349 g/mol. The predicted molar refractivity (Wildman–Crippen MR) is 87.4 cm³/mol. The normalized spacial score (nSPS) is 13.6. The highest BCUT2D eigenvalue weighted by atomic mass is 35.5. The molecule has 1 aliphatic carbocycles. The summed E-state index contributed by atoms with van der Waals surface area (Å²) in [7, 11) is 0. The number of carbonyl (C=O) groups excluding carboxylic acids is 1. The smallest absolute Gasteiger partial charge is 0.283 e. The van der Waals surface area contributed by atoms with Gasteiger partial charge < -0.3 is 4.90 Å². The van der Waals surface area contributed by atoms with E-state index in [0.717, 1.165) is 18.9 Å². The molecular weight excluding hydrogens is 335 g/mol. The molecule has 0 radical (unpaired) electrons. The summed E-state index contributed by atoms with van der Waals surface area (Å²) in [6, 6.07) is 10.1. The number of benzene rings is 2. The molecule has 124 valence electrons. The Morgan fingerprint density at radius 3 is 2.62 bits per heavy atom. The standard InChI is InChI=1S/C17H14ClFN2O3/c18-12-5-8-14(16(9-12)21(23)24)17(22)20(13-6-7-13)10-11-3-1-2-4-15(11)19/h1-5,8-9,13H,6-7,10H2. The Kier molecular flexibility index (Phi) is 4.49. The van der Waals surface area contributed by atoms with Gasteiger partial charge >= 0.3 is 0 Å². The molecule has 3 rings (SSSR count). The Bertz CT molecular complexity index is 808. The van der Waals surface area contributed by atoms with Gasteiger partial charge in [0, 0.05) is 29.2 Å². The first-order valence-electron chi connectivity index (χ1n) is 7.45. The summed E-state index contributed by atoms with van der Waals surface area (Å²) in [5.74, 6) is -0.884. The second kappa shape index (κ2) is 6.57. The molecule has 2 aromatic carbocycles. The van der Waals surface area contributed by atoms with Gasteiger partial charge in [0.15, 0.2) is 0 Å². The van der Waals surface area contributed by atoms with E-state index in [0.29, 0.717) is 5.56 Å². The lowest BCUT2D eigenvalue weighted by atomic mass is 10.1. The van der Waals surface area contributed by atoms with Gasteiger partial charge in [0.25, 0.3) is 11.6 Å². The zero-order chi connectivity index (χ0) is 17.3. The molecule has 0 unspecified atom stereocenters. The van der Waals surface area contributed by atoms with Crippen molar-refractivity contribution in [1.29, 1.82) is 0 Å². The minimum Gasteiger partial charge on any atom is -0.331 e. The zero-order valence-corrected chi connectivity index (χ0v) is 13.4. The van der Waals surface area contributed by atoms with Crippen molar-refractivity contribution in [3.8, 4) is 0 Å². The van der Waals surface area contributed by atoms with Crippen molar-refractivity contribution in [2.24, 2.45) is 0 Å². The fraction of sp³-hybridized carbons (Fsp3) is 0.235. The molecule has 24 heavy (non-hydrogen) atoms. The number of hydrogen-bond donors (Lipinski definition) is 0. The zero-order valence-electron chi connectivity index (χ0n) is 12.6. The molecule has 0 aliphatic heterocycles. The predicted octanol–water partition coefficient (Wildman–Crippen LogP) is 4.19. The summed E-state index contributed by atoms with van der Waals surface area (Å²) in [6.07, 6.45) is 1.61. The van der Waals surface area contributed by atoms with Crippen LogP contribution in [0.3, 0.4) is 0 Å². The van der Waals surface area contributed by atoms with Gasteiger partial charge in [-0.3, -0.25) is 14.9 Å². The van der Waals surface area contributed by atoms with Crippen LogP contribution in [0.25, 0.3) is 0 Å². The van der Waals surface area contributed by atoms with Crippen LogP contribution in [0.4, 0.5) is 10.1 Å². The Morgan fingerprint density at radius 1 is 1.29 bits per heavy atom. The molecule has 0 heterocycles. The van der Waals surface area contributed by atoms with E-state index in [9.17, 15) is 19.3 Å². The lowest BCUT2D eigenvalue weighted by Gasteiger charge is -2.23. The van der Waals surface area contributed by atoms with E-state index in [-0.39, 0.29) is 28.9 Å². The summed E-state index contributed by atoms with van der Waals surface area (Å²) in [5.41, 5.74) is 0.00805. The van der Waals surface area contributed by atoms with Crippen LogP contribution >= 0.6 is 11.6 Å². The van der Waals surface area contributed by atoms with Crippen LogP contribution < -0.4 is 0 Å². The molecule has 0 aromatic heterocycles. The quantitative estimate of drug-likeness (QED) is 0.601. The van der Waals surface area contributed by atoms with E-state index < -0.39 is 16.6 Å². The van der Waals surface area contributed by atoms with Crippen molar-refractivity contribution in [2.75, 3.05) is 0 Å². The molecule has 0 spiro atoms. The first-order valence-corrected chi connectivity index (χ1v) is 7.83. The monoisotopic (exact) mass is 348 g/mol. The van der Waals surface area contributed by atoms with E-state index >= 15 is 0 Å². The third kappa shape index (κ3) is 3.38. The van der Waals surface area contributed by atoms with Crippen LogP contribution in [-0.2, 0) is 6.54 Å². The summed E-state index contributed by atoms with van der Waals surface area (Å²) in [6.45, 7) is 0.0793. The van der Waals surface area contributed by atoms with Crippen LogP contribution in [0.1, 0.15) is 28.8 Å². The number of carbonyl (C=O) groups is 1. The maximum absolute atomic E-state index is 13.9. The number of amides is 1. The maximum Gasteiger partial charge on any atom is 0.283 e. The Labute approximate surface area is 142 Å². The van der Waals surface area contributed by atoms with E-state index in [2.05, 4.69) is 0 Å². The highest BCUT2D eigenvalue weighted by Crippen LogP contribution is 2.32. The van der Waals surface area contributed by atoms with Crippen LogP contribution in [0, 0.1) is 15.9 Å². The van der Waals surface area contributed by atoms with Crippen LogP contribution in [0.5, 0.6) is 0 Å². The number of nitrogens with zero attached hydrogens (tertiary/aromatic N) is 2. The molecule has 0 bridgehead atoms. The molecule has 5 nitrogen and oxygen atoms in total. The minimum absolute atomic E-state index is 0.0209. The van der Waals surface area contributed by atoms with Gasteiger partial charge in [0.05, 0.1) is 4.92 Å². The average Bonchev–Trinajstić information content (AvgIpc) is 3.38. The number of hydrogen-bond acceptors (Lipinski definition) is 3.